The Hall–Kier alpha value is -1.99. The van der Waals surface area contributed by atoms with Crippen molar-refractivity contribution < 1.29 is 48.8 Å². The number of esters is 2. The molecule has 30 heavy (non-hydrogen) atoms. The van der Waals surface area contributed by atoms with Crippen LogP contribution in [0.4, 0.5) is 0 Å². The number of carbonyl (C=O) groups is 5. The van der Waals surface area contributed by atoms with Gasteiger partial charge in [0.05, 0.1) is 26.1 Å². The molecule has 0 amide bonds. The van der Waals surface area contributed by atoms with Crippen molar-refractivity contribution in [3.05, 3.63) is 0 Å². The van der Waals surface area contributed by atoms with Crippen LogP contribution in [-0.2, 0) is 33.4 Å². The Labute approximate surface area is 186 Å². The Morgan fingerprint density at radius 3 is 1.50 bits per heavy atom. The number of aliphatic carboxylic acids is 2. The Morgan fingerprint density at radius 2 is 1.27 bits per heavy atom. The van der Waals surface area contributed by atoms with Gasteiger partial charge in [-0.2, -0.15) is 0 Å². The number of rotatable bonds is 8. The van der Waals surface area contributed by atoms with Gasteiger partial charge in [-0.1, -0.05) is 0 Å². The lowest BCUT2D eigenvalue weighted by Crippen LogP contribution is -2.35. The minimum absolute atomic E-state index is 0. The minimum atomic E-state index is -1.29. The standard InChI is InChI=1S/C8H15NO4.C4H7NO4.C2H3ClO.C2H6O.ClH/c1-3-12-7(10)5-6(9)8(11)13-4-2;5-2(4(8)9)1-3(6)7;1-2(3)4;1-2-3;/h6H,3-5,9H2,1-2H3;2H,1,5H2,(H,6,7)(H,8,9);1H3;3H,2H2,1H3;1H/t6-;2-;;;/m11.../s1. The summed E-state index contributed by atoms with van der Waals surface area (Å²) in [5.41, 5.74) is 10.2. The molecule has 0 radical (unpaired) electrons. The van der Waals surface area contributed by atoms with Crippen LogP contribution in [0.2, 0.25) is 0 Å². The number of aliphatic hydroxyl groups is 1. The second kappa shape index (κ2) is 27.0. The van der Waals surface area contributed by atoms with E-state index < -0.39 is 42.4 Å². The maximum atomic E-state index is 10.9. The first kappa shape index (κ1) is 38.6. The molecule has 0 heterocycles. The first-order valence-corrected chi connectivity index (χ1v) is 8.73. The second-order valence-electron chi connectivity index (χ2n) is 4.70. The molecule has 0 aliphatic carbocycles. The summed E-state index contributed by atoms with van der Waals surface area (Å²) in [6.07, 6.45) is -0.665. The van der Waals surface area contributed by atoms with Gasteiger partial charge in [0, 0.05) is 13.5 Å². The fraction of sp³-hybridized carbons (Fsp3) is 0.688. The average Bonchev–Trinajstić information content (AvgIpc) is 2.55. The highest BCUT2D eigenvalue weighted by atomic mass is 35.5. The van der Waals surface area contributed by atoms with Crippen LogP contribution in [0.5, 0.6) is 0 Å². The monoisotopic (exact) mass is 482 g/mol. The number of carbonyl (C=O) groups excluding carboxylic acids is 3. The molecule has 0 saturated carbocycles. The summed E-state index contributed by atoms with van der Waals surface area (Å²) >= 11 is 4.64. The number of hydrogen-bond acceptors (Lipinski definition) is 10. The van der Waals surface area contributed by atoms with E-state index in [2.05, 4.69) is 21.1 Å². The Balaban J connectivity index is -0.000000106. The average molecular weight is 483 g/mol. The molecule has 14 heteroatoms. The molecule has 0 aromatic heterocycles. The normalized spacial score (nSPS) is 10.4. The maximum Gasteiger partial charge on any atom is 0.323 e. The molecule has 0 unspecified atom stereocenters. The largest absolute Gasteiger partial charge is 0.481 e. The minimum Gasteiger partial charge on any atom is -0.481 e. The predicted octanol–water partition coefficient (Wildman–Crippen LogP) is -0.105. The third-order valence-electron chi connectivity index (χ3n) is 1.99. The van der Waals surface area contributed by atoms with E-state index >= 15 is 0 Å². The van der Waals surface area contributed by atoms with Gasteiger partial charge in [0.2, 0.25) is 5.24 Å². The molecule has 180 valence electrons. The molecule has 0 fully saturated rings. The Bertz CT molecular complexity index is 489. The van der Waals surface area contributed by atoms with Crippen molar-refractivity contribution in [2.45, 2.75) is 52.6 Å². The lowest BCUT2D eigenvalue weighted by molar-refractivity contribution is -0.151. The lowest BCUT2D eigenvalue weighted by atomic mass is 10.2. The third kappa shape index (κ3) is 40.6. The number of aliphatic hydroxyl groups excluding tert-OH is 1. The zero-order valence-electron chi connectivity index (χ0n) is 17.3. The van der Waals surface area contributed by atoms with Crippen molar-refractivity contribution in [3.63, 3.8) is 0 Å². The summed E-state index contributed by atoms with van der Waals surface area (Å²) < 4.78 is 9.23. The van der Waals surface area contributed by atoms with Crippen LogP contribution >= 0.6 is 24.0 Å². The van der Waals surface area contributed by atoms with Crippen LogP contribution in [0.3, 0.4) is 0 Å². The highest BCUT2D eigenvalue weighted by molar-refractivity contribution is 6.62. The van der Waals surface area contributed by atoms with E-state index in [4.69, 9.17) is 26.8 Å². The van der Waals surface area contributed by atoms with Gasteiger partial charge >= 0.3 is 23.9 Å². The van der Waals surface area contributed by atoms with Gasteiger partial charge in [-0.3, -0.25) is 24.0 Å². The van der Waals surface area contributed by atoms with Gasteiger partial charge < -0.3 is 36.3 Å². The van der Waals surface area contributed by atoms with Crippen molar-refractivity contribution in [2.24, 2.45) is 11.5 Å². The van der Waals surface area contributed by atoms with Crippen molar-refractivity contribution in [3.8, 4) is 0 Å². The first-order chi connectivity index (χ1) is 13.3. The fourth-order valence-corrected chi connectivity index (χ4v) is 1.01. The van der Waals surface area contributed by atoms with E-state index in [0.29, 0.717) is 0 Å². The smallest absolute Gasteiger partial charge is 0.323 e. The van der Waals surface area contributed by atoms with Gasteiger partial charge in [0.15, 0.2) is 0 Å². The van der Waals surface area contributed by atoms with Gasteiger partial charge in [-0.25, -0.2) is 0 Å². The Kier molecular flexibility index (Phi) is 34.7. The summed E-state index contributed by atoms with van der Waals surface area (Å²) in [6.45, 7) is 7.13. The molecule has 0 bridgehead atoms. The molecule has 7 N–H and O–H groups in total. The highest BCUT2D eigenvalue weighted by Gasteiger charge is 2.18. The topological polar surface area (TPSA) is 217 Å². The molecule has 0 aliphatic rings. The number of nitrogens with two attached hydrogens (primary N) is 2. The van der Waals surface area contributed by atoms with Crippen LogP contribution in [0.25, 0.3) is 0 Å². The Morgan fingerprint density at radius 1 is 0.900 bits per heavy atom. The SMILES string of the molecule is CC(=O)Cl.CCO.CCOC(=O)C[C@@H](N)C(=O)OCC.Cl.N[C@H](CC(=O)O)C(=O)O. The van der Waals surface area contributed by atoms with Crippen LogP contribution in [0.1, 0.15) is 40.5 Å². The number of carboxylic acids is 2. The summed E-state index contributed by atoms with van der Waals surface area (Å²) in [6, 6.07) is -2.21. The molecular weight excluding hydrogens is 451 g/mol. The summed E-state index contributed by atoms with van der Waals surface area (Å²) in [4.78, 5) is 50.6. The summed E-state index contributed by atoms with van der Waals surface area (Å²) in [7, 11) is 0. The van der Waals surface area contributed by atoms with E-state index in [1.807, 2.05) is 0 Å². The maximum absolute atomic E-state index is 10.9. The molecule has 0 saturated heterocycles. The van der Waals surface area contributed by atoms with Gasteiger partial charge in [0.25, 0.3) is 0 Å². The molecule has 0 rings (SSSR count). The van der Waals surface area contributed by atoms with E-state index in [1.165, 1.54) is 6.92 Å². The quantitative estimate of drug-likeness (QED) is 0.226. The molecule has 0 spiro atoms. The van der Waals surface area contributed by atoms with Gasteiger partial charge in [-0.05, 0) is 32.4 Å². The van der Waals surface area contributed by atoms with Crippen LogP contribution < -0.4 is 11.5 Å². The molecule has 0 aromatic rings. The number of ether oxygens (including phenoxy) is 2. The van der Waals surface area contributed by atoms with Crippen molar-refractivity contribution in [1.82, 2.24) is 0 Å². The molecular formula is C16H32Cl2N2O10. The molecule has 12 nitrogen and oxygen atoms in total. The van der Waals surface area contributed by atoms with Crippen LogP contribution in [-0.4, -0.2) is 76.3 Å². The van der Waals surface area contributed by atoms with Gasteiger partial charge in [-0.15, -0.1) is 12.4 Å². The molecule has 0 aliphatic heterocycles. The second-order valence-corrected chi connectivity index (χ2v) is 5.23. The number of hydrogen-bond donors (Lipinski definition) is 5. The van der Waals surface area contributed by atoms with Crippen molar-refractivity contribution in [1.29, 1.82) is 0 Å². The fourth-order valence-electron chi connectivity index (χ4n) is 1.01. The summed E-state index contributed by atoms with van der Waals surface area (Å²) in [5, 5.41) is 23.2. The van der Waals surface area contributed by atoms with E-state index in [9.17, 15) is 24.0 Å². The molecule has 0 aromatic carbocycles. The van der Waals surface area contributed by atoms with E-state index in [0.717, 1.165) is 0 Å². The van der Waals surface area contributed by atoms with Crippen molar-refractivity contribution >= 4 is 53.1 Å². The third-order valence-corrected chi connectivity index (χ3v) is 1.99. The van der Waals surface area contributed by atoms with Crippen LogP contribution in [0, 0.1) is 0 Å². The number of carboxylic acid groups (broad SMARTS) is 2. The predicted molar refractivity (Wildman–Crippen MR) is 110 cm³/mol. The lowest BCUT2D eigenvalue weighted by Gasteiger charge is -2.09. The highest BCUT2D eigenvalue weighted by Crippen LogP contribution is 1.95. The van der Waals surface area contributed by atoms with Crippen molar-refractivity contribution in [2.75, 3.05) is 19.8 Å². The zero-order chi connectivity index (χ0) is 24.0. The van der Waals surface area contributed by atoms with Gasteiger partial charge in [0.1, 0.15) is 12.1 Å². The summed E-state index contributed by atoms with van der Waals surface area (Å²) in [5.74, 6) is -3.55. The van der Waals surface area contributed by atoms with E-state index in [-0.39, 0.29) is 43.9 Å². The first-order valence-electron chi connectivity index (χ1n) is 8.35. The van der Waals surface area contributed by atoms with Crippen LogP contribution in [0.15, 0.2) is 0 Å². The number of halogens is 2. The molecule has 2 atom stereocenters. The van der Waals surface area contributed by atoms with E-state index in [1.54, 1.807) is 20.8 Å². The zero-order valence-corrected chi connectivity index (χ0v) is 18.9.